The first-order chi connectivity index (χ1) is 21.5. The Balaban J connectivity index is 1.30. The molecule has 3 aromatic rings. The van der Waals surface area contributed by atoms with E-state index >= 15 is 0 Å². The van der Waals surface area contributed by atoms with Crippen molar-refractivity contribution in [2.24, 2.45) is 0 Å². The van der Waals surface area contributed by atoms with Crippen molar-refractivity contribution < 1.29 is 17.9 Å². The van der Waals surface area contributed by atoms with Crippen LogP contribution in [0.15, 0.2) is 47.9 Å². The molecule has 4 heterocycles. The van der Waals surface area contributed by atoms with Crippen molar-refractivity contribution in [2.75, 3.05) is 56.4 Å². The normalized spacial score (nSPS) is 22.4. The molecular weight excluding hydrogens is 612 g/mol. The van der Waals surface area contributed by atoms with Crippen LogP contribution in [0.4, 0.5) is 11.5 Å². The van der Waals surface area contributed by atoms with Gasteiger partial charge in [-0.3, -0.25) is 4.79 Å². The Morgan fingerprint density at radius 2 is 1.96 bits per heavy atom. The van der Waals surface area contributed by atoms with Crippen molar-refractivity contribution in [1.29, 1.82) is 0 Å². The highest BCUT2D eigenvalue weighted by Crippen LogP contribution is 2.37. The fraction of sp³-hybridized carbons (Fsp3) is 0.485. The van der Waals surface area contributed by atoms with Crippen LogP contribution < -0.4 is 14.5 Å². The van der Waals surface area contributed by atoms with E-state index in [1.165, 1.54) is 0 Å². The quantitative estimate of drug-likeness (QED) is 0.330. The van der Waals surface area contributed by atoms with Gasteiger partial charge in [-0.15, -0.1) is 0 Å². The average molecular weight is 653 g/mol. The molecule has 10 nitrogen and oxygen atoms in total. The third-order valence-corrected chi connectivity index (χ3v) is 10.4. The molecule has 0 aliphatic carbocycles. The van der Waals surface area contributed by atoms with Crippen LogP contribution in [0.25, 0.3) is 10.8 Å². The summed E-state index contributed by atoms with van der Waals surface area (Å²) in [6.45, 7) is 5.41. The summed E-state index contributed by atoms with van der Waals surface area (Å²) in [4.78, 5) is 31.4. The maximum Gasteiger partial charge on any atom is 0.318 e. The molecule has 2 saturated heterocycles. The zero-order chi connectivity index (χ0) is 31.9. The summed E-state index contributed by atoms with van der Waals surface area (Å²) >= 11 is 6.70. The predicted molar refractivity (Wildman–Crippen MR) is 179 cm³/mol. The minimum Gasteiger partial charge on any atom is -0.462 e. The van der Waals surface area contributed by atoms with Gasteiger partial charge >= 0.3 is 6.01 Å². The lowest BCUT2D eigenvalue weighted by atomic mass is 10.0. The number of halogens is 1. The minimum absolute atomic E-state index is 0.00157. The Kier molecular flexibility index (Phi) is 8.96. The highest BCUT2D eigenvalue weighted by molar-refractivity contribution is 7.93. The van der Waals surface area contributed by atoms with Crippen LogP contribution in [0.5, 0.6) is 6.01 Å². The molecule has 240 valence electrons. The standard InChI is InChI=1S/C33H41ClN6O4S/c1-22-18-25(19-40(22)30(41)14-17-45(4,42)43)38(3)32-26-13-16-39(29-12-6-9-23-8-5-11-27(34)31(23)29)20-28(26)35-33(36-32)44-21-24-10-7-15-37(24)2/h5-6,8-9,11-12,14,17,22,24-25H,7,10,13,15-16,18-21H2,1-4H3/b17-14+/t22-,24+,25-/m1/s1. The van der Waals surface area contributed by atoms with Gasteiger partial charge in [-0.1, -0.05) is 35.9 Å². The van der Waals surface area contributed by atoms with Crippen molar-refractivity contribution in [1.82, 2.24) is 19.8 Å². The van der Waals surface area contributed by atoms with Gasteiger partial charge in [0.2, 0.25) is 5.91 Å². The van der Waals surface area contributed by atoms with E-state index in [1.54, 1.807) is 4.90 Å². The summed E-state index contributed by atoms with van der Waals surface area (Å²) in [5, 5.41) is 3.83. The summed E-state index contributed by atoms with van der Waals surface area (Å²) < 4.78 is 29.5. The Bertz CT molecular complexity index is 1730. The number of ether oxygens (including phenoxy) is 1. The molecular formula is C33H41ClN6O4S. The second-order valence-corrected chi connectivity index (χ2v) is 14.9. The number of likely N-dealkylation sites (N-methyl/N-ethyl adjacent to an activating group) is 2. The van der Waals surface area contributed by atoms with E-state index in [-0.39, 0.29) is 18.0 Å². The lowest BCUT2D eigenvalue weighted by Gasteiger charge is -2.35. The number of nitrogens with zero attached hydrogens (tertiary/aromatic N) is 6. The maximum absolute atomic E-state index is 12.9. The molecule has 2 aromatic carbocycles. The van der Waals surface area contributed by atoms with Gasteiger partial charge in [-0.2, -0.15) is 9.97 Å². The van der Waals surface area contributed by atoms with Crippen molar-refractivity contribution >= 4 is 49.6 Å². The number of carbonyl (C=O) groups is 1. The minimum atomic E-state index is -3.39. The molecule has 6 rings (SSSR count). The smallest absolute Gasteiger partial charge is 0.318 e. The Labute approximate surface area is 270 Å². The number of fused-ring (bicyclic) bond motifs is 2. The number of rotatable bonds is 8. The third kappa shape index (κ3) is 6.76. The summed E-state index contributed by atoms with van der Waals surface area (Å²) in [6, 6.07) is 12.9. The van der Waals surface area contributed by atoms with Gasteiger partial charge in [-0.25, -0.2) is 8.42 Å². The van der Waals surface area contributed by atoms with Gasteiger partial charge in [0.05, 0.1) is 17.3 Å². The van der Waals surface area contributed by atoms with E-state index in [4.69, 9.17) is 26.3 Å². The van der Waals surface area contributed by atoms with E-state index < -0.39 is 9.84 Å². The molecule has 3 aliphatic rings. The largest absolute Gasteiger partial charge is 0.462 e. The average Bonchev–Trinajstić information content (AvgIpc) is 3.61. The van der Waals surface area contributed by atoms with Gasteiger partial charge in [0.25, 0.3) is 0 Å². The van der Waals surface area contributed by atoms with Crippen molar-refractivity contribution in [2.45, 2.75) is 57.3 Å². The third-order valence-electron chi connectivity index (χ3n) is 9.45. The number of anilines is 2. The molecule has 0 N–H and O–H groups in total. The van der Waals surface area contributed by atoms with Crippen molar-refractivity contribution in [3.63, 3.8) is 0 Å². The number of amides is 1. The van der Waals surface area contributed by atoms with Crippen LogP contribution >= 0.6 is 11.6 Å². The lowest BCUT2D eigenvalue weighted by Crippen LogP contribution is -2.39. The number of aromatic nitrogens is 2. The lowest BCUT2D eigenvalue weighted by molar-refractivity contribution is -0.126. The van der Waals surface area contributed by atoms with E-state index in [2.05, 4.69) is 46.0 Å². The van der Waals surface area contributed by atoms with Crippen LogP contribution in [-0.2, 0) is 27.6 Å². The summed E-state index contributed by atoms with van der Waals surface area (Å²) in [5.74, 6) is 0.520. The zero-order valence-corrected chi connectivity index (χ0v) is 27.9. The number of hydrogen-bond acceptors (Lipinski definition) is 9. The molecule has 12 heteroatoms. The van der Waals surface area contributed by atoms with E-state index in [1.807, 2.05) is 26.1 Å². The molecule has 3 aliphatic heterocycles. The number of carbonyl (C=O) groups excluding carboxylic acids is 1. The topological polar surface area (TPSA) is 99.2 Å². The number of hydrogen-bond donors (Lipinski definition) is 0. The molecule has 0 saturated carbocycles. The second-order valence-electron chi connectivity index (χ2n) is 12.6. The van der Waals surface area contributed by atoms with Gasteiger partial charge in [-0.05, 0) is 63.7 Å². The maximum atomic E-state index is 12.9. The van der Waals surface area contributed by atoms with E-state index in [0.29, 0.717) is 31.7 Å². The molecule has 2 fully saturated rings. The monoisotopic (exact) mass is 652 g/mol. The predicted octanol–water partition coefficient (Wildman–Crippen LogP) is 4.30. The van der Waals surface area contributed by atoms with Crippen molar-refractivity contribution in [3.05, 3.63) is 64.2 Å². The first-order valence-corrected chi connectivity index (χ1v) is 17.9. The van der Waals surface area contributed by atoms with Gasteiger partial charge < -0.3 is 24.3 Å². The zero-order valence-electron chi connectivity index (χ0n) is 26.3. The highest BCUT2D eigenvalue weighted by Gasteiger charge is 2.36. The van der Waals surface area contributed by atoms with Gasteiger partial charge in [0, 0.05) is 72.6 Å². The second kappa shape index (κ2) is 12.8. The summed E-state index contributed by atoms with van der Waals surface area (Å²) in [5.41, 5.74) is 3.08. The molecule has 45 heavy (non-hydrogen) atoms. The molecule has 0 bridgehead atoms. The number of likely N-dealkylation sites (tertiary alicyclic amines) is 2. The van der Waals surface area contributed by atoms with Crippen LogP contribution in [0.1, 0.15) is 37.4 Å². The number of sulfone groups is 1. The molecule has 0 radical (unpaired) electrons. The van der Waals surface area contributed by atoms with Crippen LogP contribution in [0.3, 0.4) is 0 Å². The SMILES string of the molecule is C[C@@H]1C[C@@H](N(C)c2nc(OC[C@@H]3CCCN3C)nc3c2CCN(c2cccc4cccc(Cl)c24)C3)CN1C(=O)/C=C/S(C)(=O)=O. The molecule has 0 unspecified atom stereocenters. The van der Waals surface area contributed by atoms with E-state index in [0.717, 1.165) is 95.1 Å². The first-order valence-electron chi connectivity index (χ1n) is 15.5. The summed E-state index contributed by atoms with van der Waals surface area (Å²) in [7, 11) is 0.753. The van der Waals surface area contributed by atoms with Crippen LogP contribution in [0, 0.1) is 0 Å². The van der Waals surface area contributed by atoms with Gasteiger partial charge in [0.15, 0.2) is 9.84 Å². The first kappa shape index (κ1) is 31.6. The fourth-order valence-electron chi connectivity index (χ4n) is 6.89. The van der Waals surface area contributed by atoms with Crippen LogP contribution in [0.2, 0.25) is 5.02 Å². The molecule has 0 spiro atoms. The van der Waals surface area contributed by atoms with E-state index in [9.17, 15) is 13.2 Å². The van der Waals surface area contributed by atoms with Crippen molar-refractivity contribution in [3.8, 4) is 6.01 Å². The molecule has 3 atom stereocenters. The Morgan fingerprint density at radius 1 is 1.18 bits per heavy atom. The van der Waals surface area contributed by atoms with Crippen LogP contribution in [-0.4, -0.2) is 98.8 Å². The Morgan fingerprint density at radius 3 is 2.69 bits per heavy atom. The number of benzene rings is 2. The summed E-state index contributed by atoms with van der Waals surface area (Å²) in [6.07, 6.45) is 5.95. The highest BCUT2D eigenvalue weighted by atomic mass is 35.5. The van der Waals surface area contributed by atoms with Gasteiger partial charge in [0.1, 0.15) is 12.4 Å². The molecule has 1 amide bonds. The molecule has 1 aromatic heterocycles. The fourth-order valence-corrected chi connectivity index (χ4v) is 7.53. The Hall–Kier alpha value is -3.41.